The fraction of sp³-hybridized carbons (Fsp3) is 0.429. The summed E-state index contributed by atoms with van der Waals surface area (Å²) >= 11 is 0. The molecule has 0 radical (unpaired) electrons. The second kappa shape index (κ2) is 5.60. The zero-order valence-corrected chi connectivity index (χ0v) is 19.5. The molecular formula is C28H32N2. The molecule has 0 spiro atoms. The molecule has 2 nitrogen and oxygen atoms in total. The monoisotopic (exact) mass is 396 g/mol. The van der Waals surface area contributed by atoms with E-state index in [2.05, 4.69) is 91.8 Å². The van der Waals surface area contributed by atoms with Gasteiger partial charge in [-0.15, -0.1) is 0 Å². The van der Waals surface area contributed by atoms with Crippen molar-refractivity contribution in [2.24, 2.45) is 21.7 Å². The molecule has 2 atom stereocenters. The van der Waals surface area contributed by atoms with Crippen molar-refractivity contribution in [3.8, 4) is 0 Å². The Morgan fingerprint density at radius 1 is 0.600 bits per heavy atom. The molecule has 4 aliphatic carbocycles. The molecule has 2 heteroatoms. The van der Waals surface area contributed by atoms with E-state index in [1.807, 2.05) is 12.4 Å². The molecular weight excluding hydrogens is 364 g/mol. The SMILES string of the molecule is CC(C)(C)C1=CC2=c3nccnc3=C3C=C(C(C)(C)C)C=C4C=CC(=C1)[C@]2(C)[C@@]43C. The standard InChI is InChI=1S/C28H32N2/c1-25(2,3)19-13-17-9-10-18-14-20(26(4,5)6)16-22-24-23(29-11-12-30-24)21(15-19)27(17,7)28(18,22)8/h9-16H,1-8H3/t27-,28-/m0/s1. The highest BCUT2D eigenvalue weighted by atomic mass is 14.8. The third-order valence-electron chi connectivity index (χ3n) is 7.84. The predicted octanol–water partition coefficient (Wildman–Crippen LogP) is 5.20. The first-order chi connectivity index (χ1) is 13.9. The summed E-state index contributed by atoms with van der Waals surface area (Å²) in [5.74, 6) is 0. The van der Waals surface area contributed by atoms with Gasteiger partial charge >= 0.3 is 0 Å². The van der Waals surface area contributed by atoms with Gasteiger partial charge in [-0.05, 0) is 44.3 Å². The van der Waals surface area contributed by atoms with Gasteiger partial charge in [0.05, 0.1) is 10.7 Å². The minimum absolute atomic E-state index is 0.0738. The van der Waals surface area contributed by atoms with Gasteiger partial charge in [0, 0.05) is 23.2 Å². The summed E-state index contributed by atoms with van der Waals surface area (Å²) in [6, 6.07) is 0. The number of hydrogen-bond acceptors (Lipinski definition) is 2. The topological polar surface area (TPSA) is 25.8 Å². The van der Waals surface area contributed by atoms with Crippen molar-refractivity contribution in [1.82, 2.24) is 9.97 Å². The lowest BCUT2D eigenvalue weighted by atomic mass is 9.45. The fourth-order valence-corrected chi connectivity index (χ4v) is 5.55. The molecule has 0 aromatic carbocycles. The van der Waals surface area contributed by atoms with Crippen molar-refractivity contribution in [2.45, 2.75) is 55.4 Å². The van der Waals surface area contributed by atoms with Crippen molar-refractivity contribution in [1.29, 1.82) is 0 Å². The van der Waals surface area contributed by atoms with E-state index in [0.29, 0.717) is 0 Å². The van der Waals surface area contributed by atoms with Crippen molar-refractivity contribution in [3.63, 3.8) is 0 Å². The molecule has 1 heterocycles. The van der Waals surface area contributed by atoms with E-state index in [1.54, 1.807) is 0 Å². The van der Waals surface area contributed by atoms with Crippen molar-refractivity contribution >= 4 is 11.1 Å². The van der Waals surface area contributed by atoms with E-state index in [1.165, 1.54) is 33.4 Å². The van der Waals surface area contributed by atoms with Gasteiger partial charge in [0.1, 0.15) is 0 Å². The van der Waals surface area contributed by atoms with Gasteiger partial charge in [0.15, 0.2) is 0 Å². The number of nitrogens with zero attached hydrogens (tertiary/aromatic N) is 2. The first kappa shape index (κ1) is 19.5. The molecule has 0 amide bonds. The number of hydrogen-bond donors (Lipinski definition) is 0. The molecule has 0 bridgehead atoms. The van der Waals surface area contributed by atoms with Crippen LogP contribution in [0.4, 0.5) is 0 Å². The van der Waals surface area contributed by atoms with Gasteiger partial charge in [-0.1, -0.05) is 91.8 Å². The number of allylic oxidation sites excluding steroid dienone is 10. The highest BCUT2D eigenvalue weighted by molar-refractivity contribution is 5.87. The van der Waals surface area contributed by atoms with Crippen LogP contribution in [0, 0.1) is 21.7 Å². The van der Waals surface area contributed by atoms with Crippen LogP contribution in [0.3, 0.4) is 0 Å². The van der Waals surface area contributed by atoms with E-state index in [4.69, 9.17) is 9.97 Å². The lowest BCUT2D eigenvalue weighted by Crippen LogP contribution is -2.56. The Morgan fingerprint density at radius 3 is 1.30 bits per heavy atom. The molecule has 0 N–H and O–H groups in total. The second-order valence-electron chi connectivity index (χ2n) is 11.6. The highest BCUT2D eigenvalue weighted by Crippen LogP contribution is 2.66. The van der Waals surface area contributed by atoms with Gasteiger partial charge in [-0.3, -0.25) is 9.97 Å². The summed E-state index contributed by atoms with van der Waals surface area (Å²) < 4.78 is 0. The average Bonchev–Trinajstić information content (AvgIpc) is 2.65. The van der Waals surface area contributed by atoms with E-state index < -0.39 is 0 Å². The summed E-state index contributed by atoms with van der Waals surface area (Å²) in [5, 5.41) is 2.08. The molecule has 154 valence electrons. The van der Waals surface area contributed by atoms with Crippen LogP contribution in [-0.2, 0) is 0 Å². The summed E-state index contributed by atoms with van der Waals surface area (Å²) in [6.45, 7) is 18.5. The fourth-order valence-electron chi connectivity index (χ4n) is 5.55. The van der Waals surface area contributed by atoms with Gasteiger partial charge in [-0.2, -0.15) is 0 Å². The molecule has 0 unspecified atom stereocenters. The van der Waals surface area contributed by atoms with Gasteiger partial charge in [0.25, 0.3) is 0 Å². The lowest BCUT2D eigenvalue weighted by Gasteiger charge is -2.56. The molecule has 0 saturated heterocycles. The molecule has 0 aliphatic heterocycles. The Hall–Kier alpha value is -2.48. The maximum Gasteiger partial charge on any atom is 0.0931 e. The lowest BCUT2D eigenvalue weighted by molar-refractivity contribution is 0.296. The van der Waals surface area contributed by atoms with E-state index in [0.717, 1.165) is 10.7 Å². The molecule has 30 heavy (non-hydrogen) atoms. The van der Waals surface area contributed by atoms with E-state index in [9.17, 15) is 0 Å². The van der Waals surface area contributed by atoms with Crippen molar-refractivity contribution in [2.75, 3.05) is 0 Å². The maximum absolute atomic E-state index is 4.89. The smallest absolute Gasteiger partial charge is 0.0931 e. The normalized spacial score (nSPS) is 29.5. The molecule has 4 aliphatic rings. The van der Waals surface area contributed by atoms with Crippen LogP contribution in [0.25, 0.3) is 11.1 Å². The van der Waals surface area contributed by atoms with Gasteiger partial charge < -0.3 is 0 Å². The van der Waals surface area contributed by atoms with Crippen LogP contribution in [-0.4, -0.2) is 9.97 Å². The minimum atomic E-state index is -0.166. The van der Waals surface area contributed by atoms with Crippen molar-refractivity contribution in [3.05, 3.63) is 81.8 Å². The zero-order valence-electron chi connectivity index (χ0n) is 19.5. The quantitative estimate of drug-likeness (QED) is 0.602. The Morgan fingerprint density at radius 2 is 0.967 bits per heavy atom. The largest absolute Gasteiger partial charge is 0.253 e. The number of fused-ring (bicyclic) bond motifs is 1. The van der Waals surface area contributed by atoms with Crippen LogP contribution in [0.5, 0.6) is 0 Å². The summed E-state index contributed by atoms with van der Waals surface area (Å²) in [5.41, 5.74) is 7.90. The summed E-state index contributed by atoms with van der Waals surface area (Å²) in [6.07, 6.45) is 18.0. The molecule has 0 saturated carbocycles. The first-order valence-corrected chi connectivity index (χ1v) is 11.0. The van der Waals surface area contributed by atoms with Crippen LogP contribution < -0.4 is 10.7 Å². The Balaban J connectivity index is 2.02. The average molecular weight is 397 g/mol. The van der Waals surface area contributed by atoms with E-state index >= 15 is 0 Å². The Kier molecular flexibility index (Phi) is 3.64. The van der Waals surface area contributed by atoms with Crippen molar-refractivity contribution < 1.29 is 0 Å². The molecule has 0 fully saturated rings. The number of aromatic nitrogens is 2. The highest BCUT2D eigenvalue weighted by Gasteiger charge is 2.58. The Labute approximate surface area is 180 Å². The van der Waals surface area contributed by atoms with Gasteiger partial charge in [-0.25, -0.2) is 0 Å². The first-order valence-electron chi connectivity index (χ1n) is 11.0. The summed E-state index contributed by atoms with van der Waals surface area (Å²) in [7, 11) is 0. The third-order valence-corrected chi connectivity index (χ3v) is 7.84. The second-order valence-corrected chi connectivity index (χ2v) is 11.6. The maximum atomic E-state index is 4.89. The van der Waals surface area contributed by atoms with Crippen LogP contribution >= 0.6 is 0 Å². The third kappa shape index (κ3) is 2.25. The minimum Gasteiger partial charge on any atom is -0.253 e. The predicted molar refractivity (Wildman–Crippen MR) is 125 cm³/mol. The zero-order chi connectivity index (χ0) is 21.7. The molecule has 1 aromatic rings. The summed E-state index contributed by atoms with van der Waals surface area (Å²) in [4.78, 5) is 9.79. The van der Waals surface area contributed by atoms with E-state index in [-0.39, 0.29) is 21.7 Å². The molecule has 5 rings (SSSR count). The van der Waals surface area contributed by atoms with Crippen LogP contribution in [0.1, 0.15) is 55.4 Å². The molecule has 1 aromatic heterocycles. The van der Waals surface area contributed by atoms with Crippen LogP contribution in [0.2, 0.25) is 0 Å². The van der Waals surface area contributed by atoms with Crippen LogP contribution in [0.15, 0.2) is 71.1 Å². The number of rotatable bonds is 0. The van der Waals surface area contributed by atoms with Gasteiger partial charge in [0.2, 0.25) is 0 Å². The Bertz CT molecular complexity index is 1170.